The van der Waals surface area contributed by atoms with Crippen LogP contribution in [0.25, 0.3) is 0 Å². The van der Waals surface area contributed by atoms with E-state index in [9.17, 15) is 0 Å². The molecule has 2 atom stereocenters. The highest BCUT2D eigenvalue weighted by atomic mass is 15.1. The first-order valence-electron chi connectivity index (χ1n) is 6.98. The van der Waals surface area contributed by atoms with Crippen molar-refractivity contribution in [2.24, 2.45) is 5.73 Å². The molecule has 0 fully saturated rings. The highest BCUT2D eigenvalue weighted by molar-refractivity contribution is 5.05. The highest BCUT2D eigenvalue weighted by Crippen LogP contribution is 2.21. The molecule has 0 aromatic carbocycles. The van der Waals surface area contributed by atoms with Crippen molar-refractivity contribution in [1.82, 2.24) is 9.55 Å². The fourth-order valence-electron chi connectivity index (χ4n) is 2.19. The predicted octanol–water partition coefficient (Wildman–Crippen LogP) is 3.82. The van der Waals surface area contributed by atoms with E-state index in [-0.39, 0.29) is 6.04 Å². The lowest BCUT2D eigenvalue weighted by molar-refractivity contribution is 0.448. The van der Waals surface area contributed by atoms with E-state index >= 15 is 0 Å². The summed E-state index contributed by atoms with van der Waals surface area (Å²) in [6.07, 6.45) is 11.3. The number of imidazole rings is 1. The molecule has 0 spiro atoms. The Kier molecular flexibility index (Phi) is 6.27. The zero-order valence-corrected chi connectivity index (χ0v) is 11.5. The fourth-order valence-corrected chi connectivity index (χ4v) is 2.19. The normalized spacial score (nSPS) is 14.8. The number of nitrogens with two attached hydrogens (primary N) is 1. The fraction of sp³-hybridized carbons (Fsp3) is 0.786. The van der Waals surface area contributed by atoms with Crippen LogP contribution in [0.4, 0.5) is 0 Å². The smallest absolute Gasteiger partial charge is 0.0951 e. The molecule has 1 aromatic heterocycles. The Hall–Kier alpha value is -0.830. The molecule has 1 aromatic rings. The number of unbranched alkanes of at least 4 members (excludes halogenated alkanes) is 3. The van der Waals surface area contributed by atoms with Crippen LogP contribution >= 0.6 is 0 Å². The van der Waals surface area contributed by atoms with Crippen LogP contribution in [-0.4, -0.2) is 9.55 Å². The summed E-state index contributed by atoms with van der Waals surface area (Å²) >= 11 is 0. The maximum absolute atomic E-state index is 6.09. The van der Waals surface area contributed by atoms with E-state index < -0.39 is 0 Å². The van der Waals surface area contributed by atoms with E-state index in [4.69, 9.17) is 5.73 Å². The van der Waals surface area contributed by atoms with Gasteiger partial charge in [0.1, 0.15) is 0 Å². The quantitative estimate of drug-likeness (QED) is 0.698. The van der Waals surface area contributed by atoms with Gasteiger partial charge >= 0.3 is 0 Å². The molecule has 0 aliphatic carbocycles. The summed E-state index contributed by atoms with van der Waals surface area (Å²) in [5.74, 6) is 0. The molecule has 0 saturated heterocycles. The average molecular weight is 237 g/mol. The van der Waals surface area contributed by atoms with Crippen LogP contribution in [0.5, 0.6) is 0 Å². The van der Waals surface area contributed by atoms with Crippen molar-refractivity contribution in [3.8, 4) is 0 Å². The van der Waals surface area contributed by atoms with Gasteiger partial charge in [-0.25, -0.2) is 4.98 Å². The molecular formula is C14H27N3. The lowest BCUT2D eigenvalue weighted by Gasteiger charge is -2.19. The van der Waals surface area contributed by atoms with Gasteiger partial charge in [-0.2, -0.15) is 0 Å². The SMILES string of the molecule is CCCCCCC(C)n1cncc1[C@H](N)CC. The van der Waals surface area contributed by atoms with Crippen molar-refractivity contribution < 1.29 is 0 Å². The van der Waals surface area contributed by atoms with Crippen LogP contribution in [0.1, 0.15) is 77.1 Å². The van der Waals surface area contributed by atoms with Gasteiger partial charge in [-0.1, -0.05) is 39.5 Å². The van der Waals surface area contributed by atoms with E-state index in [1.165, 1.54) is 37.8 Å². The Balaban J connectivity index is 2.50. The third-order valence-electron chi connectivity index (χ3n) is 3.47. The number of nitrogens with zero attached hydrogens (tertiary/aromatic N) is 2. The Labute approximate surface area is 105 Å². The van der Waals surface area contributed by atoms with E-state index in [1.54, 1.807) is 0 Å². The first kappa shape index (κ1) is 14.2. The molecule has 0 aliphatic heterocycles. The zero-order chi connectivity index (χ0) is 12.7. The van der Waals surface area contributed by atoms with Crippen molar-refractivity contribution in [1.29, 1.82) is 0 Å². The molecule has 1 heterocycles. The van der Waals surface area contributed by atoms with Crippen molar-refractivity contribution in [2.45, 2.75) is 71.4 Å². The van der Waals surface area contributed by atoms with Gasteiger partial charge in [0, 0.05) is 18.3 Å². The van der Waals surface area contributed by atoms with E-state index in [0.717, 1.165) is 6.42 Å². The van der Waals surface area contributed by atoms with Crippen LogP contribution in [0.3, 0.4) is 0 Å². The Bertz CT molecular complexity index is 306. The van der Waals surface area contributed by atoms with Crippen LogP contribution in [0.2, 0.25) is 0 Å². The topological polar surface area (TPSA) is 43.8 Å². The van der Waals surface area contributed by atoms with Crippen molar-refractivity contribution >= 4 is 0 Å². The van der Waals surface area contributed by atoms with Crippen LogP contribution in [-0.2, 0) is 0 Å². The maximum atomic E-state index is 6.09. The molecule has 17 heavy (non-hydrogen) atoms. The van der Waals surface area contributed by atoms with Crippen LogP contribution in [0, 0.1) is 0 Å². The summed E-state index contributed by atoms with van der Waals surface area (Å²) in [4.78, 5) is 4.24. The molecule has 2 N–H and O–H groups in total. The molecule has 0 saturated carbocycles. The second-order valence-corrected chi connectivity index (χ2v) is 4.94. The summed E-state index contributed by atoms with van der Waals surface area (Å²) in [5, 5.41) is 0. The third kappa shape index (κ3) is 4.15. The minimum Gasteiger partial charge on any atom is -0.330 e. The maximum Gasteiger partial charge on any atom is 0.0951 e. The van der Waals surface area contributed by atoms with Gasteiger partial charge in [0.15, 0.2) is 0 Å². The molecular weight excluding hydrogens is 210 g/mol. The molecule has 1 rings (SSSR count). The average Bonchev–Trinajstić information content (AvgIpc) is 2.82. The van der Waals surface area contributed by atoms with Gasteiger partial charge in [-0.3, -0.25) is 0 Å². The molecule has 3 heteroatoms. The number of rotatable bonds is 8. The van der Waals surface area contributed by atoms with Crippen molar-refractivity contribution in [3.63, 3.8) is 0 Å². The lowest BCUT2D eigenvalue weighted by atomic mass is 10.1. The molecule has 1 unspecified atom stereocenters. The monoisotopic (exact) mass is 237 g/mol. The molecule has 98 valence electrons. The second kappa shape index (κ2) is 7.49. The van der Waals surface area contributed by atoms with E-state index in [2.05, 4.69) is 30.3 Å². The van der Waals surface area contributed by atoms with E-state index in [0.29, 0.717) is 6.04 Å². The molecule has 0 amide bonds. The van der Waals surface area contributed by atoms with Crippen molar-refractivity contribution in [3.05, 3.63) is 18.2 Å². The number of aromatic nitrogens is 2. The van der Waals surface area contributed by atoms with Gasteiger partial charge in [0.25, 0.3) is 0 Å². The largest absolute Gasteiger partial charge is 0.330 e. The van der Waals surface area contributed by atoms with Gasteiger partial charge in [0.05, 0.1) is 12.0 Å². The van der Waals surface area contributed by atoms with Crippen LogP contribution in [0.15, 0.2) is 12.5 Å². The Morgan fingerprint density at radius 3 is 2.71 bits per heavy atom. The summed E-state index contributed by atoms with van der Waals surface area (Å²) in [6.45, 7) is 6.63. The lowest BCUT2D eigenvalue weighted by Crippen LogP contribution is -2.16. The van der Waals surface area contributed by atoms with Gasteiger partial charge in [-0.05, 0) is 19.8 Å². The number of hydrogen-bond acceptors (Lipinski definition) is 2. The van der Waals surface area contributed by atoms with Gasteiger partial charge in [0.2, 0.25) is 0 Å². The zero-order valence-electron chi connectivity index (χ0n) is 11.5. The molecule has 3 nitrogen and oxygen atoms in total. The standard InChI is InChI=1S/C14H27N3/c1-4-6-7-8-9-12(3)17-11-16-10-14(17)13(15)5-2/h10-13H,4-9,15H2,1-3H3/t12?,13-/m1/s1. The van der Waals surface area contributed by atoms with Crippen LogP contribution < -0.4 is 5.73 Å². The Morgan fingerprint density at radius 1 is 1.29 bits per heavy atom. The molecule has 0 aliphatic rings. The minimum absolute atomic E-state index is 0.121. The second-order valence-electron chi connectivity index (χ2n) is 4.94. The minimum atomic E-state index is 0.121. The summed E-state index contributed by atoms with van der Waals surface area (Å²) in [5.41, 5.74) is 7.27. The predicted molar refractivity (Wildman–Crippen MR) is 72.9 cm³/mol. The number of hydrogen-bond donors (Lipinski definition) is 1. The molecule has 0 radical (unpaired) electrons. The summed E-state index contributed by atoms with van der Waals surface area (Å²) in [6, 6.07) is 0.637. The first-order chi connectivity index (χ1) is 8.20. The first-order valence-corrected chi connectivity index (χ1v) is 6.98. The Morgan fingerprint density at radius 2 is 2.06 bits per heavy atom. The van der Waals surface area contributed by atoms with E-state index in [1.807, 2.05) is 12.5 Å². The summed E-state index contributed by atoms with van der Waals surface area (Å²) in [7, 11) is 0. The third-order valence-corrected chi connectivity index (χ3v) is 3.47. The highest BCUT2D eigenvalue weighted by Gasteiger charge is 2.13. The molecule has 0 bridgehead atoms. The van der Waals surface area contributed by atoms with Gasteiger partial charge in [-0.15, -0.1) is 0 Å². The summed E-state index contributed by atoms with van der Waals surface area (Å²) < 4.78 is 2.25. The van der Waals surface area contributed by atoms with Crippen molar-refractivity contribution in [2.75, 3.05) is 0 Å². The van der Waals surface area contributed by atoms with Gasteiger partial charge < -0.3 is 10.3 Å².